The zero-order chi connectivity index (χ0) is 12.7. The van der Waals surface area contributed by atoms with E-state index in [1.54, 1.807) is 0 Å². The lowest BCUT2D eigenvalue weighted by Crippen LogP contribution is -2.35. The molecule has 0 radical (unpaired) electrons. The van der Waals surface area contributed by atoms with E-state index in [2.05, 4.69) is 29.2 Å². The number of likely N-dealkylation sites (N-methyl/N-ethyl adjacent to an activating group) is 1. The van der Waals surface area contributed by atoms with E-state index >= 15 is 0 Å². The smallest absolute Gasteiger partial charge is 0.139 e. The average Bonchev–Trinajstić information content (AvgIpc) is 3.09. The fourth-order valence-electron chi connectivity index (χ4n) is 2.14. The van der Waals surface area contributed by atoms with Crippen molar-refractivity contribution in [2.24, 2.45) is 16.3 Å². The molecule has 0 aromatic rings. The predicted octanol–water partition coefficient (Wildman–Crippen LogP) is 0.835. The molecule has 4 N–H and O–H groups in total. The first-order valence-electron chi connectivity index (χ1n) is 6.55. The summed E-state index contributed by atoms with van der Waals surface area (Å²) >= 11 is 0. The van der Waals surface area contributed by atoms with Crippen molar-refractivity contribution in [2.75, 3.05) is 32.7 Å². The standard InChI is InChI=1S/C12H26N4O/c1-3-16(4-2)8-7-14-10-12(5-6-12)9-11(13)15-17/h14,17H,3-10H2,1-2H3,(H2,13,15). The van der Waals surface area contributed by atoms with Crippen LogP contribution in [-0.4, -0.2) is 48.7 Å². The molecule has 0 aromatic heterocycles. The van der Waals surface area contributed by atoms with Crippen LogP contribution in [0.25, 0.3) is 0 Å². The van der Waals surface area contributed by atoms with Gasteiger partial charge in [-0.2, -0.15) is 0 Å². The van der Waals surface area contributed by atoms with Gasteiger partial charge >= 0.3 is 0 Å². The molecule has 1 saturated carbocycles. The lowest BCUT2D eigenvalue weighted by atomic mass is 10.0. The Bertz CT molecular complexity index is 247. The van der Waals surface area contributed by atoms with Crippen LogP contribution in [0, 0.1) is 5.41 Å². The van der Waals surface area contributed by atoms with Gasteiger partial charge in [-0.3, -0.25) is 0 Å². The van der Waals surface area contributed by atoms with Crippen molar-refractivity contribution in [3.8, 4) is 0 Å². The minimum atomic E-state index is 0.263. The van der Waals surface area contributed by atoms with Gasteiger partial charge in [-0.05, 0) is 31.3 Å². The molecule has 0 unspecified atom stereocenters. The highest BCUT2D eigenvalue weighted by Crippen LogP contribution is 2.48. The number of nitrogens with one attached hydrogen (secondary N) is 1. The molecule has 1 aliphatic rings. The Labute approximate surface area is 104 Å². The molecule has 1 fully saturated rings. The quantitative estimate of drug-likeness (QED) is 0.184. The molecule has 0 aliphatic heterocycles. The Morgan fingerprint density at radius 3 is 2.53 bits per heavy atom. The molecule has 5 nitrogen and oxygen atoms in total. The molecule has 0 heterocycles. The summed E-state index contributed by atoms with van der Waals surface area (Å²) in [4.78, 5) is 2.40. The predicted molar refractivity (Wildman–Crippen MR) is 70.4 cm³/mol. The third-order valence-corrected chi connectivity index (χ3v) is 3.64. The molecular formula is C12H26N4O. The van der Waals surface area contributed by atoms with Crippen LogP contribution >= 0.6 is 0 Å². The second-order valence-electron chi connectivity index (χ2n) is 4.97. The largest absolute Gasteiger partial charge is 0.409 e. The Hall–Kier alpha value is -0.810. The number of nitrogens with two attached hydrogens (primary N) is 1. The second-order valence-corrected chi connectivity index (χ2v) is 4.97. The third kappa shape index (κ3) is 4.91. The summed E-state index contributed by atoms with van der Waals surface area (Å²) in [6, 6.07) is 0. The van der Waals surface area contributed by atoms with Crippen LogP contribution < -0.4 is 11.1 Å². The Kier molecular flexibility index (Phi) is 5.71. The van der Waals surface area contributed by atoms with Crippen LogP contribution in [0.1, 0.15) is 33.1 Å². The first-order chi connectivity index (χ1) is 8.15. The van der Waals surface area contributed by atoms with E-state index in [9.17, 15) is 0 Å². The van der Waals surface area contributed by atoms with Crippen LogP contribution in [0.5, 0.6) is 0 Å². The van der Waals surface area contributed by atoms with E-state index in [4.69, 9.17) is 10.9 Å². The Morgan fingerprint density at radius 2 is 2.06 bits per heavy atom. The highest BCUT2D eigenvalue weighted by molar-refractivity contribution is 5.80. The van der Waals surface area contributed by atoms with Gasteiger partial charge in [-0.1, -0.05) is 19.0 Å². The zero-order valence-electron chi connectivity index (χ0n) is 11.1. The van der Waals surface area contributed by atoms with Gasteiger partial charge in [0.05, 0.1) is 0 Å². The number of rotatable bonds is 9. The molecule has 0 amide bonds. The van der Waals surface area contributed by atoms with E-state index in [-0.39, 0.29) is 5.41 Å². The molecular weight excluding hydrogens is 216 g/mol. The third-order valence-electron chi connectivity index (χ3n) is 3.64. The van der Waals surface area contributed by atoms with E-state index in [0.29, 0.717) is 12.3 Å². The Balaban J connectivity index is 2.14. The van der Waals surface area contributed by atoms with Crippen LogP contribution in [-0.2, 0) is 0 Å². The van der Waals surface area contributed by atoms with Gasteiger partial charge < -0.3 is 21.2 Å². The van der Waals surface area contributed by atoms with E-state index < -0.39 is 0 Å². The number of nitrogens with zero attached hydrogens (tertiary/aromatic N) is 2. The fourth-order valence-corrected chi connectivity index (χ4v) is 2.14. The van der Waals surface area contributed by atoms with Crippen LogP contribution in [0.15, 0.2) is 5.16 Å². The lowest BCUT2D eigenvalue weighted by Gasteiger charge is -2.20. The second kappa shape index (κ2) is 6.81. The average molecular weight is 242 g/mol. The number of hydrogen-bond donors (Lipinski definition) is 3. The maximum atomic E-state index is 8.57. The summed E-state index contributed by atoms with van der Waals surface area (Å²) in [5.41, 5.74) is 5.82. The van der Waals surface area contributed by atoms with Gasteiger partial charge in [0.2, 0.25) is 0 Å². The van der Waals surface area contributed by atoms with Crippen molar-refractivity contribution in [3.05, 3.63) is 0 Å². The van der Waals surface area contributed by atoms with Crippen LogP contribution in [0.2, 0.25) is 0 Å². The van der Waals surface area contributed by atoms with Crippen molar-refractivity contribution < 1.29 is 5.21 Å². The summed E-state index contributed by atoms with van der Waals surface area (Å²) in [7, 11) is 0. The first-order valence-corrected chi connectivity index (χ1v) is 6.55. The highest BCUT2D eigenvalue weighted by atomic mass is 16.4. The normalized spacial score (nSPS) is 18.6. The Morgan fingerprint density at radius 1 is 1.41 bits per heavy atom. The summed E-state index contributed by atoms with van der Waals surface area (Å²) < 4.78 is 0. The number of amidine groups is 1. The zero-order valence-corrected chi connectivity index (χ0v) is 11.1. The topological polar surface area (TPSA) is 73.9 Å². The molecule has 100 valence electrons. The summed E-state index contributed by atoms with van der Waals surface area (Å²) in [6.45, 7) is 9.66. The van der Waals surface area contributed by atoms with Crippen molar-refractivity contribution in [1.29, 1.82) is 0 Å². The van der Waals surface area contributed by atoms with Gasteiger partial charge in [-0.25, -0.2) is 0 Å². The van der Waals surface area contributed by atoms with Crippen molar-refractivity contribution >= 4 is 5.84 Å². The van der Waals surface area contributed by atoms with Gasteiger partial charge in [0.25, 0.3) is 0 Å². The van der Waals surface area contributed by atoms with Gasteiger partial charge in [-0.15, -0.1) is 0 Å². The molecule has 0 spiro atoms. The minimum Gasteiger partial charge on any atom is -0.409 e. The van der Waals surface area contributed by atoms with E-state index in [1.807, 2.05) is 0 Å². The monoisotopic (exact) mass is 242 g/mol. The van der Waals surface area contributed by atoms with E-state index in [1.165, 1.54) is 12.8 Å². The summed E-state index contributed by atoms with van der Waals surface area (Å²) in [6.07, 6.45) is 3.07. The van der Waals surface area contributed by atoms with Crippen LogP contribution in [0.3, 0.4) is 0 Å². The molecule has 5 heteroatoms. The molecule has 0 aromatic carbocycles. The number of hydrogen-bond acceptors (Lipinski definition) is 4. The maximum absolute atomic E-state index is 8.57. The molecule has 1 rings (SSSR count). The fraction of sp³-hybridized carbons (Fsp3) is 0.917. The summed E-state index contributed by atoms with van der Waals surface area (Å²) in [5, 5.41) is 15.1. The van der Waals surface area contributed by atoms with Gasteiger partial charge in [0, 0.05) is 26.1 Å². The molecule has 17 heavy (non-hydrogen) atoms. The lowest BCUT2D eigenvalue weighted by molar-refractivity contribution is 0.296. The maximum Gasteiger partial charge on any atom is 0.139 e. The summed E-state index contributed by atoms with van der Waals surface area (Å²) in [5.74, 6) is 0.355. The van der Waals surface area contributed by atoms with Crippen molar-refractivity contribution in [1.82, 2.24) is 10.2 Å². The first kappa shape index (κ1) is 14.3. The van der Waals surface area contributed by atoms with Crippen molar-refractivity contribution in [3.63, 3.8) is 0 Å². The molecule has 0 saturated heterocycles. The van der Waals surface area contributed by atoms with Crippen LogP contribution in [0.4, 0.5) is 0 Å². The highest BCUT2D eigenvalue weighted by Gasteiger charge is 2.42. The molecule has 0 atom stereocenters. The molecule has 1 aliphatic carbocycles. The minimum absolute atomic E-state index is 0.263. The SMILES string of the molecule is CCN(CC)CCNCC1(CC(N)=NO)CC1. The van der Waals surface area contributed by atoms with E-state index in [0.717, 1.165) is 32.7 Å². The van der Waals surface area contributed by atoms with Gasteiger partial charge in [0.15, 0.2) is 0 Å². The van der Waals surface area contributed by atoms with Gasteiger partial charge in [0.1, 0.15) is 5.84 Å². The van der Waals surface area contributed by atoms with Crippen molar-refractivity contribution in [2.45, 2.75) is 33.1 Å². The number of oxime groups is 1. The molecule has 0 bridgehead atoms.